The Bertz CT molecular complexity index is 1130. The summed E-state index contributed by atoms with van der Waals surface area (Å²) in [4.78, 5) is 29.5. The second-order valence-corrected chi connectivity index (χ2v) is 7.20. The lowest BCUT2D eigenvalue weighted by Gasteiger charge is -2.20. The van der Waals surface area contributed by atoms with E-state index in [9.17, 15) is 9.59 Å². The predicted octanol–water partition coefficient (Wildman–Crippen LogP) is 3.78. The fraction of sp³-hybridized carbons (Fsp3) is 0.167. The number of nitrogens with one attached hydrogen (secondary N) is 2. The number of likely N-dealkylation sites (N-methyl/N-ethyl adjacent to an activating group) is 1. The van der Waals surface area contributed by atoms with Crippen molar-refractivity contribution >= 4 is 22.7 Å². The van der Waals surface area contributed by atoms with E-state index in [4.69, 9.17) is 4.42 Å². The standard InChI is InChI=1S/C24H23N3O3/c1-27(24(29)22-12-7-13-30-22)16-23(28)26-14-19(17-8-3-2-4-9-17)20-15-25-21-11-6-5-10-18(20)21/h2-13,15,19,25H,14,16H2,1H3,(H,26,28). The molecule has 1 atom stereocenters. The number of H-pyrrole nitrogens is 1. The Balaban J connectivity index is 1.49. The van der Waals surface area contributed by atoms with E-state index in [1.54, 1.807) is 19.2 Å². The molecule has 4 aromatic rings. The molecule has 6 heteroatoms. The smallest absolute Gasteiger partial charge is 0.289 e. The zero-order valence-corrected chi connectivity index (χ0v) is 16.7. The second kappa shape index (κ2) is 8.69. The maximum atomic E-state index is 12.6. The maximum Gasteiger partial charge on any atom is 0.289 e. The van der Waals surface area contributed by atoms with Crippen LogP contribution >= 0.6 is 0 Å². The Morgan fingerprint density at radius 1 is 1.03 bits per heavy atom. The number of rotatable bonds is 7. The van der Waals surface area contributed by atoms with Crippen molar-refractivity contribution in [1.82, 2.24) is 15.2 Å². The van der Waals surface area contributed by atoms with Gasteiger partial charge in [-0.2, -0.15) is 0 Å². The Hall–Kier alpha value is -3.80. The van der Waals surface area contributed by atoms with E-state index in [1.165, 1.54) is 11.2 Å². The first-order valence-corrected chi connectivity index (χ1v) is 9.80. The molecule has 0 bridgehead atoms. The third-order valence-electron chi connectivity index (χ3n) is 5.16. The summed E-state index contributed by atoms with van der Waals surface area (Å²) in [6.07, 6.45) is 3.44. The molecule has 0 saturated carbocycles. The normalized spacial score (nSPS) is 11.9. The van der Waals surface area contributed by atoms with Gasteiger partial charge in [0.15, 0.2) is 5.76 Å². The van der Waals surface area contributed by atoms with Crippen LogP contribution < -0.4 is 5.32 Å². The lowest BCUT2D eigenvalue weighted by molar-refractivity contribution is -0.121. The van der Waals surface area contributed by atoms with Crippen LogP contribution in [0, 0.1) is 0 Å². The van der Waals surface area contributed by atoms with Gasteiger partial charge in [0.2, 0.25) is 5.91 Å². The predicted molar refractivity (Wildman–Crippen MR) is 115 cm³/mol. The van der Waals surface area contributed by atoms with Crippen molar-refractivity contribution in [2.45, 2.75) is 5.92 Å². The summed E-state index contributed by atoms with van der Waals surface area (Å²) in [6, 6.07) is 21.4. The van der Waals surface area contributed by atoms with E-state index in [2.05, 4.69) is 28.5 Å². The summed E-state index contributed by atoms with van der Waals surface area (Å²) in [5, 5.41) is 4.12. The van der Waals surface area contributed by atoms with Gasteiger partial charge in [-0.1, -0.05) is 48.5 Å². The van der Waals surface area contributed by atoms with Gasteiger partial charge in [-0.25, -0.2) is 0 Å². The Morgan fingerprint density at radius 3 is 2.57 bits per heavy atom. The fourth-order valence-electron chi connectivity index (χ4n) is 3.62. The van der Waals surface area contributed by atoms with Crippen molar-refractivity contribution in [3.8, 4) is 0 Å². The number of benzene rings is 2. The number of aromatic amines is 1. The number of hydrogen-bond acceptors (Lipinski definition) is 3. The second-order valence-electron chi connectivity index (χ2n) is 7.20. The van der Waals surface area contributed by atoms with Crippen LogP contribution in [0.15, 0.2) is 83.6 Å². The van der Waals surface area contributed by atoms with E-state index < -0.39 is 0 Å². The molecule has 0 aliphatic rings. The fourth-order valence-corrected chi connectivity index (χ4v) is 3.62. The average Bonchev–Trinajstić information content (AvgIpc) is 3.45. The third kappa shape index (κ3) is 4.12. The van der Waals surface area contributed by atoms with Crippen molar-refractivity contribution < 1.29 is 14.0 Å². The number of nitrogens with zero attached hydrogens (tertiary/aromatic N) is 1. The molecule has 4 rings (SSSR count). The van der Waals surface area contributed by atoms with Gasteiger partial charge >= 0.3 is 0 Å². The number of fused-ring (bicyclic) bond motifs is 1. The lowest BCUT2D eigenvalue weighted by atomic mass is 9.91. The zero-order chi connectivity index (χ0) is 20.9. The highest BCUT2D eigenvalue weighted by Crippen LogP contribution is 2.30. The zero-order valence-electron chi connectivity index (χ0n) is 16.7. The van der Waals surface area contributed by atoms with Crippen LogP contribution in [0.3, 0.4) is 0 Å². The average molecular weight is 401 g/mol. The molecule has 0 aliphatic carbocycles. The van der Waals surface area contributed by atoms with Crippen molar-refractivity contribution in [3.05, 3.63) is 96.1 Å². The molecule has 152 valence electrons. The van der Waals surface area contributed by atoms with Crippen molar-refractivity contribution in [3.63, 3.8) is 0 Å². The number of hydrogen-bond donors (Lipinski definition) is 2. The first kappa shape index (κ1) is 19.5. The van der Waals surface area contributed by atoms with Gasteiger partial charge in [-0.3, -0.25) is 9.59 Å². The number of carbonyl (C=O) groups is 2. The third-order valence-corrected chi connectivity index (χ3v) is 5.16. The van der Waals surface area contributed by atoms with Crippen LogP contribution in [0.25, 0.3) is 10.9 Å². The van der Waals surface area contributed by atoms with Crippen molar-refractivity contribution in [2.24, 2.45) is 0 Å². The highest BCUT2D eigenvalue weighted by atomic mass is 16.3. The molecule has 0 spiro atoms. The molecule has 2 heterocycles. The van der Waals surface area contributed by atoms with Crippen LogP contribution in [0.2, 0.25) is 0 Å². The Morgan fingerprint density at radius 2 is 1.80 bits per heavy atom. The van der Waals surface area contributed by atoms with E-state index in [-0.39, 0.29) is 30.0 Å². The van der Waals surface area contributed by atoms with Gasteiger partial charge in [0, 0.05) is 36.6 Å². The lowest BCUT2D eigenvalue weighted by Crippen LogP contribution is -2.39. The van der Waals surface area contributed by atoms with E-state index in [1.807, 2.05) is 42.6 Å². The number of para-hydroxylation sites is 1. The van der Waals surface area contributed by atoms with Gasteiger partial charge in [-0.05, 0) is 29.3 Å². The first-order chi connectivity index (χ1) is 14.6. The molecular weight excluding hydrogens is 378 g/mol. The van der Waals surface area contributed by atoms with Crippen LogP contribution in [0.4, 0.5) is 0 Å². The summed E-state index contributed by atoms with van der Waals surface area (Å²) in [5.74, 6) is -0.354. The number of carbonyl (C=O) groups excluding carboxylic acids is 2. The minimum Gasteiger partial charge on any atom is -0.459 e. The summed E-state index contributed by atoms with van der Waals surface area (Å²) < 4.78 is 5.12. The molecular formula is C24H23N3O3. The molecule has 1 unspecified atom stereocenters. The molecule has 2 amide bonds. The number of amides is 2. The monoisotopic (exact) mass is 401 g/mol. The Kier molecular flexibility index (Phi) is 5.66. The van der Waals surface area contributed by atoms with E-state index >= 15 is 0 Å². The van der Waals surface area contributed by atoms with Gasteiger partial charge in [0.25, 0.3) is 5.91 Å². The van der Waals surface area contributed by atoms with Crippen LogP contribution in [0.5, 0.6) is 0 Å². The maximum absolute atomic E-state index is 12.6. The van der Waals surface area contributed by atoms with Crippen molar-refractivity contribution in [2.75, 3.05) is 20.1 Å². The minimum absolute atomic E-state index is 0.0163. The highest BCUT2D eigenvalue weighted by Gasteiger charge is 2.21. The quantitative estimate of drug-likeness (QED) is 0.495. The van der Waals surface area contributed by atoms with Crippen LogP contribution in [-0.4, -0.2) is 41.8 Å². The molecule has 0 fully saturated rings. The van der Waals surface area contributed by atoms with Gasteiger partial charge in [0.1, 0.15) is 0 Å². The first-order valence-electron chi connectivity index (χ1n) is 9.80. The van der Waals surface area contributed by atoms with Gasteiger partial charge < -0.3 is 19.6 Å². The highest BCUT2D eigenvalue weighted by molar-refractivity contribution is 5.94. The molecule has 0 aliphatic heterocycles. The van der Waals surface area contributed by atoms with Crippen LogP contribution in [0.1, 0.15) is 27.6 Å². The summed E-state index contributed by atoms with van der Waals surface area (Å²) in [7, 11) is 1.58. The Labute approximate surface area is 174 Å². The molecule has 2 aromatic heterocycles. The number of aromatic nitrogens is 1. The number of furan rings is 1. The molecule has 0 saturated heterocycles. The molecule has 6 nitrogen and oxygen atoms in total. The van der Waals surface area contributed by atoms with E-state index in [0.717, 1.165) is 22.0 Å². The largest absolute Gasteiger partial charge is 0.459 e. The van der Waals surface area contributed by atoms with Gasteiger partial charge in [-0.15, -0.1) is 0 Å². The summed E-state index contributed by atoms with van der Waals surface area (Å²) in [6.45, 7) is 0.377. The molecule has 0 radical (unpaired) electrons. The molecule has 2 aromatic carbocycles. The SMILES string of the molecule is CN(CC(=O)NCC(c1ccccc1)c1c[nH]c2ccccc12)C(=O)c1ccco1. The van der Waals surface area contributed by atoms with Gasteiger partial charge in [0.05, 0.1) is 12.8 Å². The van der Waals surface area contributed by atoms with Crippen LogP contribution in [-0.2, 0) is 4.79 Å². The summed E-state index contributed by atoms with van der Waals surface area (Å²) >= 11 is 0. The molecule has 2 N–H and O–H groups in total. The van der Waals surface area contributed by atoms with E-state index in [0.29, 0.717) is 6.54 Å². The van der Waals surface area contributed by atoms with Crippen molar-refractivity contribution in [1.29, 1.82) is 0 Å². The molecule has 30 heavy (non-hydrogen) atoms. The summed E-state index contributed by atoms with van der Waals surface area (Å²) in [5.41, 5.74) is 3.29. The minimum atomic E-state index is -0.327. The topological polar surface area (TPSA) is 78.3 Å².